The van der Waals surface area contributed by atoms with Crippen LogP contribution in [0.4, 0.5) is 0 Å². The van der Waals surface area contributed by atoms with Crippen molar-refractivity contribution in [2.45, 2.75) is 46.1 Å². The Morgan fingerprint density at radius 1 is 1.50 bits per heavy atom. The second-order valence-electron chi connectivity index (χ2n) is 4.27. The molecule has 0 amide bonds. The Hall–Kier alpha value is -0.410. The average molecular weight is 201 g/mol. The van der Waals surface area contributed by atoms with Crippen molar-refractivity contribution in [3.05, 3.63) is 0 Å². The van der Waals surface area contributed by atoms with Gasteiger partial charge in [0.1, 0.15) is 6.29 Å². The molecule has 0 saturated heterocycles. The van der Waals surface area contributed by atoms with E-state index in [0.717, 1.165) is 32.1 Å². The van der Waals surface area contributed by atoms with E-state index in [1.165, 1.54) is 0 Å². The van der Waals surface area contributed by atoms with Crippen molar-refractivity contribution in [2.75, 3.05) is 13.2 Å². The van der Waals surface area contributed by atoms with Gasteiger partial charge >= 0.3 is 0 Å². The summed E-state index contributed by atoms with van der Waals surface area (Å²) < 4.78 is 0. The molecule has 0 rings (SSSR count). The van der Waals surface area contributed by atoms with E-state index in [4.69, 9.17) is 5.11 Å². The van der Waals surface area contributed by atoms with Crippen LogP contribution in [-0.4, -0.2) is 30.6 Å². The molecule has 84 valence electrons. The highest BCUT2D eigenvalue weighted by molar-refractivity contribution is 5.56. The van der Waals surface area contributed by atoms with Gasteiger partial charge in [0.15, 0.2) is 0 Å². The maximum absolute atomic E-state index is 10.4. The minimum atomic E-state index is -0.0646. The molecule has 2 N–H and O–H groups in total. The smallest absolute Gasteiger partial charge is 0.136 e. The van der Waals surface area contributed by atoms with Crippen LogP contribution in [0.1, 0.15) is 40.0 Å². The van der Waals surface area contributed by atoms with Crippen molar-refractivity contribution >= 4 is 6.29 Å². The SMILES string of the molecule is CCC(C)(CCO)CCN[C@H](C)C=O. The van der Waals surface area contributed by atoms with E-state index in [0.29, 0.717) is 0 Å². The highest BCUT2D eigenvalue weighted by Crippen LogP contribution is 2.28. The molecule has 3 nitrogen and oxygen atoms in total. The van der Waals surface area contributed by atoms with Gasteiger partial charge in [0, 0.05) is 6.61 Å². The third kappa shape index (κ3) is 5.35. The molecule has 1 unspecified atom stereocenters. The summed E-state index contributed by atoms with van der Waals surface area (Å²) in [4.78, 5) is 10.4. The number of aldehydes is 1. The summed E-state index contributed by atoms with van der Waals surface area (Å²) in [6.45, 7) is 7.25. The largest absolute Gasteiger partial charge is 0.396 e. The van der Waals surface area contributed by atoms with Gasteiger partial charge < -0.3 is 15.2 Å². The first-order chi connectivity index (χ1) is 6.58. The Morgan fingerprint density at radius 2 is 2.14 bits per heavy atom. The van der Waals surface area contributed by atoms with E-state index in [2.05, 4.69) is 19.2 Å². The summed E-state index contributed by atoms with van der Waals surface area (Å²) in [7, 11) is 0. The fraction of sp³-hybridized carbons (Fsp3) is 0.909. The molecule has 14 heavy (non-hydrogen) atoms. The molecule has 0 aliphatic rings. The molecule has 0 fully saturated rings. The van der Waals surface area contributed by atoms with Gasteiger partial charge in [-0.25, -0.2) is 0 Å². The lowest BCUT2D eigenvalue weighted by Crippen LogP contribution is -2.31. The standard InChI is InChI=1S/C11H23NO2/c1-4-11(3,6-8-13)5-7-12-10(2)9-14/h9-10,12-13H,4-8H2,1-3H3/t10-,11?/m1/s1. The van der Waals surface area contributed by atoms with Crippen molar-refractivity contribution in [3.63, 3.8) is 0 Å². The van der Waals surface area contributed by atoms with E-state index >= 15 is 0 Å². The zero-order valence-electron chi connectivity index (χ0n) is 9.55. The molecule has 2 atom stereocenters. The fourth-order valence-electron chi connectivity index (χ4n) is 1.40. The van der Waals surface area contributed by atoms with Crippen molar-refractivity contribution in [1.82, 2.24) is 5.32 Å². The van der Waals surface area contributed by atoms with Crippen molar-refractivity contribution in [1.29, 1.82) is 0 Å². The van der Waals surface area contributed by atoms with Gasteiger partial charge in [-0.2, -0.15) is 0 Å². The first-order valence-corrected chi connectivity index (χ1v) is 5.37. The second kappa shape index (κ2) is 6.96. The van der Waals surface area contributed by atoms with Gasteiger partial charge in [-0.05, 0) is 31.7 Å². The highest BCUT2D eigenvalue weighted by atomic mass is 16.3. The third-order valence-electron chi connectivity index (χ3n) is 2.97. The molecule has 0 aliphatic carbocycles. The first kappa shape index (κ1) is 13.6. The predicted molar refractivity (Wildman–Crippen MR) is 58.2 cm³/mol. The van der Waals surface area contributed by atoms with Crippen molar-refractivity contribution in [3.8, 4) is 0 Å². The Morgan fingerprint density at radius 3 is 2.57 bits per heavy atom. The van der Waals surface area contributed by atoms with Crippen LogP contribution in [0.25, 0.3) is 0 Å². The summed E-state index contributed by atoms with van der Waals surface area (Å²) in [5, 5.41) is 12.0. The summed E-state index contributed by atoms with van der Waals surface area (Å²) in [5.41, 5.74) is 0.199. The molecular weight excluding hydrogens is 178 g/mol. The van der Waals surface area contributed by atoms with E-state index in [-0.39, 0.29) is 18.1 Å². The molecule has 0 aromatic rings. The summed E-state index contributed by atoms with van der Waals surface area (Å²) in [6.07, 6.45) is 3.81. The van der Waals surface area contributed by atoms with E-state index in [9.17, 15) is 4.79 Å². The molecule has 0 spiro atoms. The molecule has 0 aromatic heterocycles. The lowest BCUT2D eigenvalue weighted by Gasteiger charge is -2.27. The lowest BCUT2D eigenvalue weighted by molar-refractivity contribution is -0.109. The lowest BCUT2D eigenvalue weighted by atomic mass is 9.81. The van der Waals surface area contributed by atoms with Crippen LogP contribution in [0.15, 0.2) is 0 Å². The molecule has 0 aromatic carbocycles. The fourth-order valence-corrected chi connectivity index (χ4v) is 1.40. The topological polar surface area (TPSA) is 49.3 Å². The normalized spacial score (nSPS) is 17.4. The van der Waals surface area contributed by atoms with Gasteiger partial charge in [-0.1, -0.05) is 20.3 Å². The zero-order chi connectivity index (χ0) is 11.0. The van der Waals surface area contributed by atoms with Gasteiger partial charge in [0.25, 0.3) is 0 Å². The molecule has 0 aliphatic heterocycles. The van der Waals surface area contributed by atoms with E-state index < -0.39 is 0 Å². The molecule has 0 heterocycles. The van der Waals surface area contributed by atoms with Crippen LogP contribution in [0, 0.1) is 5.41 Å². The number of carbonyl (C=O) groups excluding carboxylic acids is 1. The Bertz CT molecular complexity index is 161. The number of aliphatic hydroxyl groups is 1. The number of hydrogen-bond donors (Lipinski definition) is 2. The number of carbonyl (C=O) groups is 1. The minimum absolute atomic E-state index is 0.0646. The molecule has 3 heteroatoms. The van der Waals surface area contributed by atoms with Gasteiger partial charge in [-0.15, -0.1) is 0 Å². The number of nitrogens with one attached hydrogen (secondary N) is 1. The van der Waals surface area contributed by atoms with E-state index in [1.54, 1.807) is 0 Å². The highest BCUT2D eigenvalue weighted by Gasteiger charge is 2.20. The van der Waals surface area contributed by atoms with Gasteiger partial charge in [-0.3, -0.25) is 0 Å². The predicted octanol–water partition coefficient (Wildman–Crippen LogP) is 1.35. The van der Waals surface area contributed by atoms with Crippen LogP contribution in [-0.2, 0) is 4.79 Å². The molecule has 0 bridgehead atoms. The Balaban J connectivity index is 3.77. The van der Waals surface area contributed by atoms with Crippen molar-refractivity contribution in [2.24, 2.45) is 5.41 Å². The van der Waals surface area contributed by atoms with Crippen LogP contribution < -0.4 is 5.32 Å². The molecule has 0 saturated carbocycles. The second-order valence-corrected chi connectivity index (χ2v) is 4.27. The number of aliphatic hydroxyl groups excluding tert-OH is 1. The van der Waals surface area contributed by atoms with Crippen LogP contribution in [0.3, 0.4) is 0 Å². The number of hydrogen-bond acceptors (Lipinski definition) is 3. The third-order valence-corrected chi connectivity index (χ3v) is 2.97. The summed E-state index contributed by atoms with van der Waals surface area (Å²) >= 11 is 0. The maximum Gasteiger partial charge on any atom is 0.136 e. The summed E-state index contributed by atoms with van der Waals surface area (Å²) in [5.74, 6) is 0. The van der Waals surface area contributed by atoms with Gasteiger partial charge in [0.2, 0.25) is 0 Å². The Labute approximate surface area is 86.9 Å². The van der Waals surface area contributed by atoms with Crippen LogP contribution in [0.5, 0.6) is 0 Å². The van der Waals surface area contributed by atoms with Crippen LogP contribution >= 0.6 is 0 Å². The maximum atomic E-state index is 10.4. The van der Waals surface area contributed by atoms with Crippen molar-refractivity contribution < 1.29 is 9.90 Å². The summed E-state index contributed by atoms with van der Waals surface area (Å²) in [6, 6.07) is -0.0646. The first-order valence-electron chi connectivity index (χ1n) is 5.37. The Kier molecular flexibility index (Phi) is 6.75. The monoisotopic (exact) mass is 201 g/mol. The van der Waals surface area contributed by atoms with E-state index in [1.807, 2.05) is 6.92 Å². The number of rotatable bonds is 8. The quantitative estimate of drug-likeness (QED) is 0.583. The van der Waals surface area contributed by atoms with Crippen LogP contribution in [0.2, 0.25) is 0 Å². The minimum Gasteiger partial charge on any atom is -0.396 e. The van der Waals surface area contributed by atoms with Gasteiger partial charge in [0.05, 0.1) is 6.04 Å². The molecular formula is C11H23NO2. The molecule has 0 radical (unpaired) electrons. The zero-order valence-corrected chi connectivity index (χ0v) is 9.55. The average Bonchev–Trinajstić information content (AvgIpc) is 2.18.